The van der Waals surface area contributed by atoms with Crippen molar-refractivity contribution in [2.24, 2.45) is 11.3 Å². The summed E-state index contributed by atoms with van der Waals surface area (Å²) in [5, 5.41) is 0. The van der Waals surface area contributed by atoms with E-state index in [1.165, 1.54) is 5.57 Å². The van der Waals surface area contributed by atoms with E-state index < -0.39 is 5.41 Å². The lowest BCUT2D eigenvalue weighted by molar-refractivity contribution is -0.156. The number of hydrogen-bond acceptors (Lipinski definition) is 3. The molecular formula is C11H12O3. The van der Waals surface area contributed by atoms with Crippen LogP contribution in [0, 0.1) is 11.3 Å². The van der Waals surface area contributed by atoms with Gasteiger partial charge in [-0.25, -0.2) is 4.79 Å². The summed E-state index contributed by atoms with van der Waals surface area (Å²) in [6.07, 6.45) is 3.70. The highest BCUT2D eigenvalue weighted by atomic mass is 16.6. The molecule has 2 bridgehead atoms. The van der Waals surface area contributed by atoms with Crippen LogP contribution >= 0.6 is 0 Å². The van der Waals surface area contributed by atoms with Gasteiger partial charge >= 0.3 is 11.9 Å². The van der Waals surface area contributed by atoms with Gasteiger partial charge in [0.15, 0.2) is 0 Å². The summed E-state index contributed by atoms with van der Waals surface area (Å²) in [5.74, 6) is -0.315. The van der Waals surface area contributed by atoms with Gasteiger partial charge in [0.2, 0.25) is 0 Å². The van der Waals surface area contributed by atoms with E-state index in [9.17, 15) is 9.59 Å². The minimum absolute atomic E-state index is 0.292. The van der Waals surface area contributed by atoms with Gasteiger partial charge in [-0.1, -0.05) is 12.5 Å². The molecule has 0 aromatic carbocycles. The predicted molar refractivity (Wildman–Crippen MR) is 48.2 cm³/mol. The van der Waals surface area contributed by atoms with Crippen LogP contribution in [0.2, 0.25) is 0 Å². The molecule has 0 N–H and O–H groups in total. The maximum Gasteiger partial charge on any atom is 0.342 e. The Balaban J connectivity index is 2.25. The minimum atomic E-state index is -0.537. The first kappa shape index (κ1) is 8.21. The zero-order valence-electron chi connectivity index (χ0n) is 8.13. The van der Waals surface area contributed by atoms with Crippen LogP contribution in [0.3, 0.4) is 0 Å². The van der Waals surface area contributed by atoms with Gasteiger partial charge in [-0.3, -0.25) is 4.79 Å². The second-order valence-corrected chi connectivity index (χ2v) is 4.42. The second-order valence-electron chi connectivity index (χ2n) is 4.42. The number of hydrogen-bond donors (Lipinski definition) is 0. The molecule has 2 unspecified atom stereocenters. The van der Waals surface area contributed by atoms with E-state index in [-0.39, 0.29) is 11.9 Å². The fourth-order valence-corrected chi connectivity index (χ4v) is 3.45. The first-order valence-corrected chi connectivity index (χ1v) is 5.19. The van der Waals surface area contributed by atoms with Crippen LogP contribution in [0.25, 0.3) is 0 Å². The summed E-state index contributed by atoms with van der Waals surface area (Å²) >= 11 is 0. The smallest absolute Gasteiger partial charge is 0.342 e. The average molecular weight is 192 g/mol. The van der Waals surface area contributed by atoms with Crippen LogP contribution in [-0.4, -0.2) is 11.9 Å². The maximum atomic E-state index is 11.7. The molecule has 2 atom stereocenters. The van der Waals surface area contributed by atoms with Gasteiger partial charge in [0, 0.05) is 0 Å². The zero-order chi connectivity index (χ0) is 9.92. The number of allylic oxidation sites excluding steroid dienone is 1. The van der Waals surface area contributed by atoms with Crippen molar-refractivity contribution < 1.29 is 14.3 Å². The molecule has 3 nitrogen and oxygen atoms in total. The van der Waals surface area contributed by atoms with Crippen molar-refractivity contribution in [3.05, 3.63) is 11.1 Å². The van der Waals surface area contributed by atoms with E-state index in [0.29, 0.717) is 12.3 Å². The van der Waals surface area contributed by atoms with Crippen molar-refractivity contribution in [1.82, 2.24) is 0 Å². The maximum absolute atomic E-state index is 11.7. The standard InChI is InChI=1S/C11H12O3/c1-2-11-7-4-3-6(5-7)8(11)9(12)14-10(11)13/h7H,2-5H2,1H3. The Morgan fingerprint density at radius 2 is 2.29 bits per heavy atom. The molecule has 0 amide bonds. The van der Waals surface area contributed by atoms with E-state index in [1.807, 2.05) is 6.92 Å². The number of fused-ring (bicyclic) bond motifs is 4. The number of ether oxygens (including phenoxy) is 1. The molecular weight excluding hydrogens is 180 g/mol. The van der Waals surface area contributed by atoms with Crippen LogP contribution in [-0.2, 0) is 14.3 Å². The molecule has 0 aromatic heterocycles. The molecule has 3 heteroatoms. The Kier molecular flexibility index (Phi) is 1.33. The molecule has 0 radical (unpaired) electrons. The second kappa shape index (κ2) is 2.27. The van der Waals surface area contributed by atoms with Gasteiger partial charge in [-0.15, -0.1) is 0 Å². The lowest BCUT2D eigenvalue weighted by Gasteiger charge is -2.28. The molecule has 1 saturated heterocycles. The molecule has 1 saturated carbocycles. The summed E-state index contributed by atoms with van der Waals surface area (Å²) in [6, 6.07) is 0. The normalized spacial score (nSPS) is 39.4. The van der Waals surface area contributed by atoms with Crippen LogP contribution < -0.4 is 0 Å². The quantitative estimate of drug-likeness (QED) is 0.468. The Bertz CT molecular complexity index is 380. The summed E-state index contributed by atoms with van der Waals surface area (Å²) in [6.45, 7) is 1.97. The molecule has 74 valence electrons. The van der Waals surface area contributed by atoms with E-state index in [1.54, 1.807) is 0 Å². The van der Waals surface area contributed by atoms with Crippen molar-refractivity contribution in [2.75, 3.05) is 0 Å². The van der Waals surface area contributed by atoms with Crippen molar-refractivity contribution in [1.29, 1.82) is 0 Å². The molecule has 0 spiro atoms. The first-order chi connectivity index (χ1) is 6.70. The predicted octanol–water partition coefficient (Wildman–Crippen LogP) is 1.58. The van der Waals surface area contributed by atoms with Crippen molar-refractivity contribution in [2.45, 2.75) is 32.6 Å². The molecule has 0 aromatic rings. The number of cyclic esters (lactones) is 2. The highest BCUT2D eigenvalue weighted by Gasteiger charge is 2.63. The molecule has 3 aliphatic rings. The number of rotatable bonds is 1. The number of carbonyl (C=O) groups is 2. The van der Waals surface area contributed by atoms with Crippen LogP contribution in [0.1, 0.15) is 32.6 Å². The molecule has 3 rings (SSSR count). The number of carbonyl (C=O) groups excluding carboxylic acids is 2. The lowest BCUT2D eigenvalue weighted by atomic mass is 9.70. The molecule has 1 heterocycles. The van der Waals surface area contributed by atoms with Gasteiger partial charge in [-0.05, 0) is 31.6 Å². The summed E-state index contributed by atoms with van der Waals surface area (Å²) < 4.78 is 4.77. The Morgan fingerprint density at radius 1 is 1.50 bits per heavy atom. The average Bonchev–Trinajstić information content (AvgIpc) is 2.78. The minimum Gasteiger partial charge on any atom is -0.389 e. The monoisotopic (exact) mass is 192 g/mol. The van der Waals surface area contributed by atoms with Gasteiger partial charge in [0.25, 0.3) is 0 Å². The van der Waals surface area contributed by atoms with Crippen molar-refractivity contribution >= 4 is 11.9 Å². The van der Waals surface area contributed by atoms with Crippen molar-refractivity contribution in [3.63, 3.8) is 0 Å². The SMILES string of the molecule is CCC12C(=O)OC(=O)C1=C1CCC2C1. The fourth-order valence-electron chi connectivity index (χ4n) is 3.45. The Hall–Kier alpha value is -1.12. The Morgan fingerprint density at radius 3 is 2.93 bits per heavy atom. The third kappa shape index (κ3) is 0.636. The van der Waals surface area contributed by atoms with Gasteiger partial charge in [0.05, 0.1) is 5.57 Å². The van der Waals surface area contributed by atoms with E-state index in [2.05, 4.69) is 0 Å². The van der Waals surface area contributed by atoms with Gasteiger partial charge in [0.1, 0.15) is 5.41 Å². The Labute approximate surface area is 82.1 Å². The largest absolute Gasteiger partial charge is 0.389 e. The van der Waals surface area contributed by atoms with Crippen LogP contribution in [0.4, 0.5) is 0 Å². The molecule has 2 fully saturated rings. The first-order valence-electron chi connectivity index (χ1n) is 5.19. The fraction of sp³-hybridized carbons (Fsp3) is 0.636. The van der Waals surface area contributed by atoms with Gasteiger partial charge < -0.3 is 4.74 Å². The highest BCUT2D eigenvalue weighted by molar-refractivity contribution is 6.11. The van der Waals surface area contributed by atoms with E-state index in [0.717, 1.165) is 24.8 Å². The summed E-state index contributed by atoms with van der Waals surface area (Å²) in [5.41, 5.74) is 1.37. The van der Waals surface area contributed by atoms with E-state index >= 15 is 0 Å². The topological polar surface area (TPSA) is 43.4 Å². The van der Waals surface area contributed by atoms with Gasteiger partial charge in [-0.2, -0.15) is 0 Å². The third-order valence-electron chi connectivity index (χ3n) is 4.10. The third-order valence-corrected chi connectivity index (χ3v) is 4.10. The van der Waals surface area contributed by atoms with E-state index in [4.69, 9.17) is 4.74 Å². The zero-order valence-corrected chi connectivity index (χ0v) is 8.13. The van der Waals surface area contributed by atoms with Crippen molar-refractivity contribution in [3.8, 4) is 0 Å². The molecule has 1 aliphatic heterocycles. The molecule has 2 aliphatic carbocycles. The lowest BCUT2D eigenvalue weighted by Crippen LogP contribution is -2.33. The highest BCUT2D eigenvalue weighted by Crippen LogP contribution is 2.60. The van der Waals surface area contributed by atoms with Crippen LogP contribution in [0.5, 0.6) is 0 Å². The molecule has 14 heavy (non-hydrogen) atoms. The summed E-state index contributed by atoms with van der Waals surface area (Å²) in [7, 11) is 0. The number of esters is 2. The van der Waals surface area contributed by atoms with Crippen LogP contribution in [0.15, 0.2) is 11.1 Å². The summed E-state index contributed by atoms with van der Waals surface area (Å²) in [4.78, 5) is 23.3.